The van der Waals surface area contributed by atoms with Crippen molar-refractivity contribution in [3.05, 3.63) is 34.9 Å². The minimum atomic E-state index is 0.626. The van der Waals surface area contributed by atoms with Crippen molar-refractivity contribution in [2.75, 3.05) is 6.54 Å². The van der Waals surface area contributed by atoms with Gasteiger partial charge in [0.05, 0.1) is 0 Å². The van der Waals surface area contributed by atoms with Crippen molar-refractivity contribution in [3.8, 4) is 0 Å². The molecule has 3 rings (SSSR count). The molecule has 0 saturated heterocycles. The van der Waals surface area contributed by atoms with Crippen molar-refractivity contribution >= 4 is 11.6 Å². The highest BCUT2D eigenvalue weighted by atomic mass is 35.5. The summed E-state index contributed by atoms with van der Waals surface area (Å²) in [7, 11) is 0. The van der Waals surface area contributed by atoms with Crippen molar-refractivity contribution < 1.29 is 0 Å². The average Bonchev–Trinajstić information content (AvgIpc) is 3.08. The zero-order chi connectivity index (χ0) is 13.5. The first kappa shape index (κ1) is 13.5. The predicted octanol–water partition coefficient (Wildman–Crippen LogP) is 4.61. The predicted molar refractivity (Wildman–Crippen MR) is 81.7 cm³/mol. The van der Waals surface area contributed by atoms with Gasteiger partial charge in [-0.15, -0.1) is 0 Å². The summed E-state index contributed by atoms with van der Waals surface area (Å²) in [5, 5.41) is 4.65. The van der Waals surface area contributed by atoms with Crippen LogP contribution >= 0.6 is 11.6 Å². The summed E-state index contributed by atoms with van der Waals surface area (Å²) in [6.45, 7) is 5.95. The second kappa shape index (κ2) is 5.10. The minimum absolute atomic E-state index is 0.626. The van der Waals surface area contributed by atoms with Crippen LogP contribution in [0.4, 0.5) is 0 Å². The van der Waals surface area contributed by atoms with E-state index in [9.17, 15) is 0 Å². The van der Waals surface area contributed by atoms with Crippen LogP contribution in [0.3, 0.4) is 0 Å². The largest absolute Gasteiger partial charge is 0.313 e. The van der Waals surface area contributed by atoms with E-state index < -0.39 is 0 Å². The van der Waals surface area contributed by atoms with Crippen LogP contribution in [0.15, 0.2) is 24.3 Å². The van der Waals surface area contributed by atoms with Crippen LogP contribution in [0, 0.1) is 11.3 Å². The normalized spacial score (nSPS) is 28.2. The van der Waals surface area contributed by atoms with Crippen molar-refractivity contribution in [3.63, 3.8) is 0 Å². The fourth-order valence-electron chi connectivity index (χ4n) is 3.28. The Labute approximate surface area is 121 Å². The topological polar surface area (TPSA) is 12.0 Å². The van der Waals surface area contributed by atoms with E-state index >= 15 is 0 Å². The summed E-state index contributed by atoms with van der Waals surface area (Å²) in [4.78, 5) is 0. The van der Waals surface area contributed by atoms with E-state index in [2.05, 4.69) is 37.4 Å². The van der Waals surface area contributed by atoms with Crippen LogP contribution < -0.4 is 5.32 Å². The van der Waals surface area contributed by atoms with E-state index in [1.807, 2.05) is 6.07 Å². The van der Waals surface area contributed by atoms with Gasteiger partial charge in [0, 0.05) is 17.6 Å². The van der Waals surface area contributed by atoms with Crippen LogP contribution in [-0.2, 0) is 0 Å². The van der Waals surface area contributed by atoms with Gasteiger partial charge in [-0.3, -0.25) is 0 Å². The molecule has 0 radical (unpaired) electrons. The van der Waals surface area contributed by atoms with Gasteiger partial charge in [-0.1, -0.05) is 37.6 Å². The Morgan fingerprint density at radius 3 is 2.63 bits per heavy atom. The Kier molecular flexibility index (Phi) is 3.61. The lowest BCUT2D eigenvalue weighted by atomic mass is 9.75. The van der Waals surface area contributed by atoms with E-state index in [1.165, 1.54) is 37.8 Å². The Hall–Kier alpha value is -0.530. The van der Waals surface area contributed by atoms with Gasteiger partial charge in [-0.2, -0.15) is 0 Å². The molecule has 0 bridgehead atoms. The van der Waals surface area contributed by atoms with Gasteiger partial charge >= 0.3 is 0 Å². The first-order chi connectivity index (χ1) is 9.09. The molecule has 0 aromatic heterocycles. The first-order valence-electron chi connectivity index (χ1n) is 7.58. The molecule has 1 nitrogen and oxygen atoms in total. The molecule has 0 aliphatic heterocycles. The third-order valence-electron chi connectivity index (χ3n) is 5.32. The van der Waals surface area contributed by atoms with Crippen LogP contribution in [0.5, 0.6) is 0 Å². The maximum absolute atomic E-state index is 6.05. The van der Waals surface area contributed by atoms with E-state index in [1.54, 1.807) is 0 Å². The molecule has 104 valence electrons. The maximum atomic E-state index is 6.05. The number of rotatable bonds is 5. The zero-order valence-electron chi connectivity index (χ0n) is 12.0. The third-order valence-corrected chi connectivity index (χ3v) is 5.55. The molecule has 0 amide bonds. The summed E-state index contributed by atoms with van der Waals surface area (Å²) in [5.41, 5.74) is 2.04. The maximum Gasteiger partial charge on any atom is 0.0408 e. The molecule has 0 heterocycles. The molecule has 1 aromatic carbocycles. The molecule has 19 heavy (non-hydrogen) atoms. The highest BCUT2D eigenvalue weighted by molar-refractivity contribution is 6.30. The molecular weight excluding hydrogens is 254 g/mol. The molecular formula is C17H24ClN. The number of hydrogen-bond donors (Lipinski definition) is 1. The highest BCUT2D eigenvalue weighted by Gasteiger charge is 2.45. The fourth-order valence-corrected chi connectivity index (χ4v) is 3.48. The second-order valence-corrected chi connectivity index (χ2v) is 7.25. The Bertz CT molecular complexity index is 444. The lowest BCUT2D eigenvalue weighted by Crippen LogP contribution is -2.43. The molecule has 2 fully saturated rings. The quantitative estimate of drug-likeness (QED) is 0.829. The summed E-state index contributed by atoms with van der Waals surface area (Å²) >= 11 is 6.05. The van der Waals surface area contributed by atoms with E-state index in [-0.39, 0.29) is 0 Å². The van der Waals surface area contributed by atoms with Crippen molar-refractivity contribution in [2.45, 2.75) is 51.5 Å². The standard InChI is InChI=1S/C17H24ClN/c1-12(2)17(6-7-17)11-19-16-9-14(10-16)13-4-3-5-15(18)8-13/h3-5,8,12,14,16,19H,6-7,9-11H2,1-2H3. The van der Waals surface area contributed by atoms with E-state index in [0.717, 1.165) is 17.0 Å². The molecule has 2 aliphatic carbocycles. The summed E-state index contributed by atoms with van der Waals surface area (Å²) < 4.78 is 0. The second-order valence-electron chi connectivity index (χ2n) is 6.82. The average molecular weight is 278 g/mol. The van der Waals surface area contributed by atoms with Gasteiger partial charge in [0.25, 0.3) is 0 Å². The summed E-state index contributed by atoms with van der Waals surface area (Å²) in [6, 6.07) is 9.08. The lowest BCUT2D eigenvalue weighted by Gasteiger charge is -2.38. The number of nitrogens with one attached hydrogen (secondary N) is 1. The van der Waals surface area contributed by atoms with Gasteiger partial charge in [-0.25, -0.2) is 0 Å². The molecule has 1 N–H and O–H groups in total. The van der Waals surface area contributed by atoms with E-state index in [4.69, 9.17) is 11.6 Å². The molecule has 2 saturated carbocycles. The summed E-state index contributed by atoms with van der Waals surface area (Å²) in [6.07, 6.45) is 5.38. The summed E-state index contributed by atoms with van der Waals surface area (Å²) in [5.74, 6) is 1.54. The SMILES string of the molecule is CC(C)C1(CNC2CC(c3cccc(Cl)c3)C2)CC1. The molecule has 0 spiro atoms. The van der Waals surface area contributed by atoms with Crippen LogP contribution in [0.25, 0.3) is 0 Å². The molecule has 1 aromatic rings. The smallest absolute Gasteiger partial charge is 0.0408 e. The van der Waals surface area contributed by atoms with Crippen molar-refractivity contribution in [2.24, 2.45) is 11.3 Å². The highest BCUT2D eigenvalue weighted by Crippen LogP contribution is 2.51. The fraction of sp³-hybridized carbons (Fsp3) is 0.647. The molecule has 0 unspecified atom stereocenters. The van der Waals surface area contributed by atoms with Gasteiger partial charge in [0.2, 0.25) is 0 Å². The Morgan fingerprint density at radius 1 is 1.32 bits per heavy atom. The lowest BCUT2D eigenvalue weighted by molar-refractivity contribution is 0.247. The first-order valence-corrected chi connectivity index (χ1v) is 7.96. The van der Waals surface area contributed by atoms with Crippen LogP contribution in [-0.4, -0.2) is 12.6 Å². The molecule has 2 aliphatic rings. The van der Waals surface area contributed by atoms with Crippen molar-refractivity contribution in [1.29, 1.82) is 0 Å². The monoisotopic (exact) mass is 277 g/mol. The Morgan fingerprint density at radius 2 is 2.05 bits per heavy atom. The number of halogens is 1. The number of hydrogen-bond acceptors (Lipinski definition) is 1. The third kappa shape index (κ3) is 2.83. The minimum Gasteiger partial charge on any atom is -0.313 e. The molecule has 2 heteroatoms. The van der Waals surface area contributed by atoms with Gasteiger partial charge in [-0.05, 0) is 60.6 Å². The zero-order valence-corrected chi connectivity index (χ0v) is 12.7. The van der Waals surface area contributed by atoms with Gasteiger partial charge < -0.3 is 5.32 Å². The van der Waals surface area contributed by atoms with Crippen LogP contribution in [0.2, 0.25) is 5.02 Å². The van der Waals surface area contributed by atoms with E-state index in [0.29, 0.717) is 11.3 Å². The Balaban J connectivity index is 1.46. The van der Waals surface area contributed by atoms with Crippen LogP contribution in [0.1, 0.15) is 51.0 Å². The van der Waals surface area contributed by atoms with Crippen molar-refractivity contribution in [1.82, 2.24) is 5.32 Å². The number of benzene rings is 1. The molecule has 0 atom stereocenters. The van der Waals surface area contributed by atoms with Gasteiger partial charge in [0.15, 0.2) is 0 Å². The van der Waals surface area contributed by atoms with Gasteiger partial charge in [0.1, 0.15) is 0 Å².